The molecule has 2 heterocycles. The van der Waals surface area contributed by atoms with Crippen molar-refractivity contribution < 1.29 is 28.9 Å². The molecule has 0 aliphatic carbocycles. The van der Waals surface area contributed by atoms with Gasteiger partial charge in [-0.05, 0) is 63.0 Å². The van der Waals surface area contributed by atoms with Crippen molar-refractivity contribution in [1.82, 2.24) is 9.80 Å². The van der Waals surface area contributed by atoms with Crippen molar-refractivity contribution in [3.63, 3.8) is 0 Å². The zero-order valence-electron chi connectivity index (χ0n) is 19.0. The van der Waals surface area contributed by atoms with Gasteiger partial charge < -0.3 is 29.1 Å². The van der Waals surface area contributed by atoms with E-state index in [9.17, 15) is 14.7 Å². The van der Waals surface area contributed by atoms with Crippen molar-refractivity contribution in [2.45, 2.75) is 12.5 Å². The van der Waals surface area contributed by atoms with E-state index in [1.165, 1.54) is 4.90 Å². The number of Topliss-reactive ketones (excluding diaryl/α,β-unsaturated/α-hetero) is 1. The predicted molar refractivity (Wildman–Crippen MR) is 123 cm³/mol. The molecule has 0 bridgehead atoms. The first kappa shape index (κ1) is 22.7. The number of ether oxygens (including phenoxy) is 3. The number of aliphatic hydroxyl groups is 1. The summed E-state index contributed by atoms with van der Waals surface area (Å²) in [6, 6.07) is 11.5. The summed E-state index contributed by atoms with van der Waals surface area (Å²) in [6.07, 6.45) is 0.691. The molecule has 4 rings (SSSR count). The van der Waals surface area contributed by atoms with Crippen molar-refractivity contribution in [1.29, 1.82) is 0 Å². The Hall–Kier alpha value is -3.52. The van der Waals surface area contributed by atoms with Gasteiger partial charge in [-0.2, -0.15) is 0 Å². The number of hydrogen-bond acceptors (Lipinski definition) is 7. The van der Waals surface area contributed by atoms with Crippen LogP contribution in [-0.4, -0.2) is 74.1 Å². The molecule has 0 aromatic heterocycles. The third-order valence-corrected chi connectivity index (χ3v) is 5.79. The van der Waals surface area contributed by atoms with Gasteiger partial charge >= 0.3 is 0 Å². The molecule has 1 N–H and O–H groups in total. The van der Waals surface area contributed by atoms with Crippen LogP contribution >= 0.6 is 0 Å². The van der Waals surface area contributed by atoms with Crippen LogP contribution in [0, 0.1) is 0 Å². The normalized spacial score (nSPS) is 19.3. The van der Waals surface area contributed by atoms with Gasteiger partial charge in [0, 0.05) is 12.1 Å². The van der Waals surface area contributed by atoms with Crippen LogP contribution in [0.5, 0.6) is 17.2 Å². The summed E-state index contributed by atoms with van der Waals surface area (Å²) in [4.78, 5) is 29.7. The molecule has 8 nitrogen and oxygen atoms in total. The Kier molecular flexibility index (Phi) is 6.55. The number of hydrogen-bond donors (Lipinski definition) is 1. The third kappa shape index (κ3) is 4.52. The summed E-state index contributed by atoms with van der Waals surface area (Å²) in [7, 11) is 5.48. The fraction of sp³-hybridized carbons (Fsp3) is 0.360. The fourth-order valence-electron chi connectivity index (χ4n) is 4.15. The summed E-state index contributed by atoms with van der Waals surface area (Å²) < 4.78 is 16.4. The largest absolute Gasteiger partial charge is 0.507 e. The van der Waals surface area contributed by atoms with Gasteiger partial charge in [0.1, 0.15) is 24.7 Å². The van der Waals surface area contributed by atoms with Crippen LogP contribution in [0.1, 0.15) is 23.6 Å². The average Bonchev–Trinajstić information content (AvgIpc) is 3.08. The molecule has 1 fully saturated rings. The van der Waals surface area contributed by atoms with Crippen LogP contribution in [0.2, 0.25) is 0 Å². The second-order valence-corrected chi connectivity index (χ2v) is 8.28. The van der Waals surface area contributed by atoms with Crippen LogP contribution in [-0.2, 0) is 9.59 Å². The maximum absolute atomic E-state index is 13.1. The Bertz CT molecular complexity index is 1080. The second-order valence-electron chi connectivity index (χ2n) is 8.28. The number of methoxy groups -OCH3 is 1. The van der Waals surface area contributed by atoms with Gasteiger partial charge in [0.05, 0.1) is 18.7 Å². The van der Waals surface area contributed by atoms with E-state index >= 15 is 0 Å². The van der Waals surface area contributed by atoms with Crippen molar-refractivity contribution in [3.8, 4) is 17.2 Å². The predicted octanol–water partition coefficient (Wildman–Crippen LogP) is 2.84. The lowest BCUT2D eigenvalue weighted by Gasteiger charge is -2.26. The van der Waals surface area contributed by atoms with Crippen LogP contribution in [0.15, 0.2) is 48.0 Å². The minimum absolute atomic E-state index is 0.0618. The zero-order chi connectivity index (χ0) is 23.5. The fourth-order valence-corrected chi connectivity index (χ4v) is 4.15. The van der Waals surface area contributed by atoms with Gasteiger partial charge in [0.25, 0.3) is 11.7 Å². The molecule has 0 unspecified atom stereocenters. The molecule has 2 aromatic rings. The van der Waals surface area contributed by atoms with E-state index < -0.39 is 17.7 Å². The second kappa shape index (κ2) is 9.54. The first-order valence-corrected chi connectivity index (χ1v) is 10.9. The Morgan fingerprint density at radius 3 is 2.45 bits per heavy atom. The monoisotopic (exact) mass is 452 g/mol. The van der Waals surface area contributed by atoms with Gasteiger partial charge in [0.2, 0.25) is 0 Å². The molecule has 1 amide bonds. The molecular formula is C25H28N2O6. The van der Waals surface area contributed by atoms with Gasteiger partial charge in [-0.1, -0.05) is 12.1 Å². The van der Waals surface area contributed by atoms with E-state index in [4.69, 9.17) is 14.2 Å². The lowest BCUT2D eigenvalue weighted by atomic mass is 9.95. The van der Waals surface area contributed by atoms with E-state index in [1.807, 2.05) is 31.1 Å². The number of ketones is 1. The van der Waals surface area contributed by atoms with Gasteiger partial charge in [-0.25, -0.2) is 0 Å². The van der Waals surface area contributed by atoms with Crippen LogP contribution in [0.4, 0.5) is 0 Å². The zero-order valence-corrected chi connectivity index (χ0v) is 19.0. The summed E-state index contributed by atoms with van der Waals surface area (Å²) in [5.41, 5.74) is 1.18. The third-order valence-electron chi connectivity index (χ3n) is 5.79. The molecule has 2 aliphatic rings. The number of nitrogens with zero attached hydrogens (tertiary/aromatic N) is 2. The standard InChI is InChI=1S/C25H28N2O6/c1-26(2)11-4-12-27-22(16-5-8-18(31-3)9-6-16)21(24(29)25(27)30)23(28)17-7-10-19-20(15-17)33-14-13-32-19/h5-10,15,22,28H,4,11-14H2,1-3H3/b23-21-/t22-/m1/s1. The molecule has 1 atom stereocenters. The van der Waals surface area contributed by atoms with E-state index in [2.05, 4.69) is 0 Å². The minimum atomic E-state index is -0.703. The van der Waals surface area contributed by atoms with E-state index in [-0.39, 0.29) is 11.3 Å². The lowest BCUT2D eigenvalue weighted by molar-refractivity contribution is -0.139. The molecule has 2 aromatic carbocycles. The lowest BCUT2D eigenvalue weighted by Crippen LogP contribution is -2.32. The summed E-state index contributed by atoms with van der Waals surface area (Å²) in [6.45, 7) is 2.01. The molecule has 2 aliphatic heterocycles. The smallest absolute Gasteiger partial charge is 0.295 e. The first-order valence-electron chi connectivity index (χ1n) is 10.9. The quantitative estimate of drug-likeness (QED) is 0.393. The number of amides is 1. The summed E-state index contributed by atoms with van der Waals surface area (Å²) in [5.74, 6) is 0.179. The molecule has 1 saturated heterocycles. The molecule has 0 spiro atoms. The topological polar surface area (TPSA) is 88.5 Å². The number of carbonyl (C=O) groups is 2. The van der Waals surface area contributed by atoms with Crippen molar-refractivity contribution >= 4 is 17.4 Å². The van der Waals surface area contributed by atoms with E-state index in [0.29, 0.717) is 49.0 Å². The van der Waals surface area contributed by atoms with Crippen LogP contribution in [0.25, 0.3) is 5.76 Å². The Labute approximate surface area is 193 Å². The Balaban J connectivity index is 1.77. The van der Waals surface area contributed by atoms with Gasteiger partial charge in [-0.15, -0.1) is 0 Å². The highest BCUT2D eigenvalue weighted by molar-refractivity contribution is 6.46. The van der Waals surface area contributed by atoms with Crippen molar-refractivity contribution in [2.75, 3.05) is 47.5 Å². The number of aliphatic hydroxyl groups excluding tert-OH is 1. The molecule has 174 valence electrons. The number of carbonyl (C=O) groups excluding carboxylic acids is 2. The molecular weight excluding hydrogens is 424 g/mol. The minimum Gasteiger partial charge on any atom is -0.507 e. The number of benzene rings is 2. The SMILES string of the molecule is COc1ccc([C@@H]2/C(=C(/O)c3ccc4c(c3)OCCO4)C(=O)C(=O)N2CCCN(C)C)cc1. The maximum atomic E-state index is 13.1. The molecule has 33 heavy (non-hydrogen) atoms. The van der Waals surface area contributed by atoms with Crippen molar-refractivity contribution in [2.24, 2.45) is 0 Å². The van der Waals surface area contributed by atoms with E-state index in [0.717, 1.165) is 12.1 Å². The van der Waals surface area contributed by atoms with Crippen LogP contribution in [0.3, 0.4) is 0 Å². The Morgan fingerprint density at radius 1 is 1.09 bits per heavy atom. The van der Waals surface area contributed by atoms with Crippen LogP contribution < -0.4 is 14.2 Å². The number of likely N-dealkylation sites (tertiary alicyclic amines) is 1. The molecule has 0 saturated carbocycles. The number of rotatable bonds is 7. The molecule has 8 heteroatoms. The van der Waals surface area contributed by atoms with Gasteiger partial charge in [-0.3, -0.25) is 9.59 Å². The number of fused-ring (bicyclic) bond motifs is 1. The molecule has 0 radical (unpaired) electrons. The van der Waals surface area contributed by atoms with E-state index in [1.54, 1.807) is 37.4 Å². The maximum Gasteiger partial charge on any atom is 0.295 e. The Morgan fingerprint density at radius 2 is 1.79 bits per heavy atom. The van der Waals surface area contributed by atoms with Crippen molar-refractivity contribution in [3.05, 3.63) is 59.2 Å². The average molecular weight is 453 g/mol. The first-order chi connectivity index (χ1) is 15.9. The summed E-state index contributed by atoms with van der Waals surface area (Å²) in [5, 5.41) is 11.2. The highest BCUT2D eigenvalue weighted by atomic mass is 16.6. The summed E-state index contributed by atoms with van der Waals surface area (Å²) >= 11 is 0. The highest BCUT2D eigenvalue weighted by Crippen LogP contribution is 2.41. The highest BCUT2D eigenvalue weighted by Gasteiger charge is 2.45. The van der Waals surface area contributed by atoms with Gasteiger partial charge in [0.15, 0.2) is 11.5 Å².